The molecule has 1 aromatic carbocycles. The Kier molecular flexibility index (Phi) is 2.49. The first-order valence-corrected chi connectivity index (χ1v) is 5.23. The molecule has 0 unspecified atom stereocenters. The Hall–Kier alpha value is -0.990. The Balaban J connectivity index is 2.68. The molecule has 0 aromatic heterocycles. The quantitative estimate of drug-likeness (QED) is 0.656. The normalized spacial score (nSPS) is 15.8. The van der Waals surface area contributed by atoms with Crippen molar-refractivity contribution in [3.8, 4) is 0 Å². The SMILES string of the molecule is CCc1c(F)c(F)c(C)c(C2CC2)c1F. The second kappa shape index (κ2) is 3.54. The summed E-state index contributed by atoms with van der Waals surface area (Å²) in [6.45, 7) is 3.08. The molecular formula is C12H13F3. The number of rotatable bonds is 2. The highest BCUT2D eigenvalue weighted by atomic mass is 19.2. The van der Waals surface area contributed by atoms with Crippen LogP contribution in [0.3, 0.4) is 0 Å². The lowest BCUT2D eigenvalue weighted by atomic mass is 9.97. The van der Waals surface area contributed by atoms with E-state index < -0.39 is 17.5 Å². The fourth-order valence-electron chi connectivity index (χ4n) is 2.01. The van der Waals surface area contributed by atoms with Crippen LogP contribution in [0.5, 0.6) is 0 Å². The van der Waals surface area contributed by atoms with Gasteiger partial charge in [-0.3, -0.25) is 0 Å². The summed E-state index contributed by atoms with van der Waals surface area (Å²) in [4.78, 5) is 0. The molecule has 0 bridgehead atoms. The highest BCUT2D eigenvalue weighted by molar-refractivity contribution is 5.40. The maximum Gasteiger partial charge on any atom is 0.165 e. The largest absolute Gasteiger partial charge is 0.206 e. The third-order valence-electron chi connectivity index (χ3n) is 3.03. The maximum atomic E-state index is 13.9. The van der Waals surface area contributed by atoms with E-state index in [1.807, 2.05) is 0 Å². The van der Waals surface area contributed by atoms with E-state index in [0.717, 1.165) is 12.8 Å². The van der Waals surface area contributed by atoms with Gasteiger partial charge in [-0.1, -0.05) is 6.92 Å². The highest BCUT2D eigenvalue weighted by Gasteiger charge is 2.32. The first-order valence-electron chi connectivity index (χ1n) is 5.23. The van der Waals surface area contributed by atoms with Crippen molar-refractivity contribution in [3.05, 3.63) is 34.1 Å². The smallest absolute Gasteiger partial charge is 0.165 e. The van der Waals surface area contributed by atoms with Crippen molar-refractivity contribution in [2.24, 2.45) is 0 Å². The molecule has 1 aliphatic carbocycles. The topological polar surface area (TPSA) is 0 Å². The van der Waals surface area contributed by atoms with E-state index in [-0.39, 0.29) is 23.5 Å². The van der Waals surface area contributed by atoms with Crippen molar-refractivity contribution >= 4 is 0 Å². The van der Waals surface area contributed by atoms with E-state index in [1.165, 1.54) is 6.92 Å². The molecule has 1 aromatic rings. The van der Waals surface area contributed by atoms with Gasteiger partial charge in [-0.25, -0.2) is 13.2 Å². The molecule has 0 spiro atoms. The molecule has 1 saturated carbocycles. The van der Waals surface area contributed by atoms with Crippen LogP contribution in [-0.2, 0) is 6.42 Å². The van der Waals surface area contributed by atoms with Gasteiger partial charge in [0.15, 0.2) is 11.6 Å². The first-order chi connectivity index (χ1) is 7.07. The fourth-order valence-corrected chi connectivity index (χ4v) is 2.01. The van der Waals surface area contributed by atoms with Gasteiger partial charge in [0.1, 0.15) is 5.82 Å². The molecule has 15 heavy (non-hydrogen) atoms. The van der Waals surface area contributed by atoms with Crippen LogP contribution in [-0.4, -0.2) is 0 Å². The summed E-state index contributed by atoms with van der Waals surface area (Å²) in [5.41, 5.74) is 0.426. The highest BCUT2D eigenvalue weighted by Crippen LogP contribution is 2.44. The molecule has 3 heteroatoms. The van der Waals surface area contributed by atoms with Gasteiger partial charge in [0.05, 0.1) is 0 Å². The van der Waals surface area contributed by atoms with Gasteiger partial charge >= 0.3 is 0 Å². The lowest BCUT2D eigenvalue weighted by molar-refractivity contribution is 0.470. The van der Waals surface area contributed by atoms with E-state index in [2.05, 4.69) is 0 Å². The Morgan fingerprint density at radius 3 is 2.13 bits per heavy atom. The minimum atomic E-state index is -1.02. The molecule has 0 N–H and O–H groups in total. The van der Waals surface area contributed by atoms with Crippen molar-refractivity contribution in [1.82, 2.24) is 0 Å². The number of hydrogen-bond donors (Lipinski definition) is 0. The summed E-state index contributed by atoms with van der Waals surface area (Å²) in [6, 6.07) is 0. The predicted octanol–water partition coefficient (Wildman–Crippen LogP) is 3.85. The third-order valence-corrected chi connectivity index (χ3v) is 3.03. The number of benzene rings is 1. The van der Waals surface area contributed by atoms with Crippen molar-refractivity contribution in [2.45, 2.75) is 39.0 Å². The molecule has 0 heterocycles. The molecule has 0 atom stereocenters. The molecule has 0 radical (unpaired) electrons. The first kappa shape index (κ1) is 10.5. The molecular weight excluding hydrogens is 201 g/mol. The molecule has 0 aliphatic heterocycles. The van der Waals surface area contributed by atoms with Crippen molar-refractivity contribution in [3.63, 3.8) is 0 Å². The molecule has 2 rings (SSSR count). The summed E-state index contributed by atoms with van der Waals surface area (Å²) in [7, 11) is 0. The Morgan fingerprint density at radius 2 is 1.67 bits per heavy atom. The van der Waals surface area contributed by atoms with E-state index >= 15 is 0 Å². The molecule has 1 fully saturated rings. The fraction of sp³-hybridized carbons (Fsp3) is 0.500. The summed E-state index contributed by atoms with van der Waals surface area (Å²) >= 11 is 0. The van der Waals surface area contributed by atoms with Crippen LogP contribution in [0.25, 0.3) is 0 Å². The minimum Gasteiger partial charge on any atom is -0.206 e. The van der Waals surface area contributed by atoms with Gasteiger partial charge in [-0.15, -0.1) is 0 Å². The zero-order valence-electron chi connectivity index (χ0n) is 8.83. The third kappa shape index (κ3) is 1.54. The van der Waals surface area contributed by atoms with Crippen molar-refractivity contribution < 1.29 is 13.2 Å². The van der Waals surface area contributed by atoms with E-state index in [9.17, 15) is 13.2 Å². The zero-order chi connectivity index (χ0) is 11.2. The van der Waals surface area contributed by atoms with E-state index in [1.54, 1.807) is 6.92 Å². The molecule has 0 amide bonds. The Labute approximate surface area is 87.1 Å². The maximum absolute atomic E-state index is 13.9. The van der Waals surface area contributed by atoms with Gasteiger partial charge in [-0.05, 0) is 43.2 Å². The monoisotopic (exact) mass is 214 g/mol. The van der Waals surface area contributed by atoms with Crippen molar-refractivity contribution in [2.75, 3.05) is 0 Å². The number of halogens is 3. The lowest BCUT2D eigenvalue weighted by Crippen LogP contribution is -2.06. The van der Waals surface area contributed by atoms with Crippen LogP contribution in [0.2, 0.25) is 0 Å². The van der Waals surface area contributed by atoms with Crippen LogP contribution in [0.4, 0.5) is 13.2 Å². The summed E-state index contributed by atoms with van der Waals surface area (Å²) in [5, 5.41) is 0. The van der Waals surface area contributed by atoms with Gasteiger partial charge < -0.3 is 0 Å². The summed E-state index contributed by atoms with van der Waals surface area (Å²) < 4.78 is 40.7. The van der Waals surface area contributed by atoms with Gasteiger partial charge in [-0.2, -0.15) is 0 Å². The Bertz CT molecular complexity index is 406. The van der Waals surface area contributed by atoms with Gasteiger partial charge in [0, 0.05) is 5.56 Å². The van der Waals surface area contributed by atoms with Crippen LogP contribution >= 0.6 is 0 Å². The molecule has 82 valence electrons. The second-order valence-corrected chi connectivity index (χ2v) is 4.09. The van der Waals surface area contributed by atoms with Gasteiger partial charge in [0.2, 0.25) is 0 Å². The van der Waals surface area contributed by atoms with E-state index in [4.69, 9.17) is 0 Å². The predicted molar refractivity (Wildman–Crippen MR) is 52.4 cm³/mol. The zero-order valence-corrected chi connectivity index (χ0v) is 8.83. The Morgan fingerprint density at radius 1 is 1.07 bits per heavy atom. The second-order valence-electron chi connectivity index (χ2n) is 4.09. The molecule has 0 saturated heterocycles. The van der Waals surface area contributed by atoms with Crippen LogP contribution in [0, 0.1) is 24.4 Å². The average Bonchev–Trinajstić information content (AvgIpc) is 3.00. The summed E-state index contributed by atoms with van der Waals surface area (Å²) in [5.74, 6) is -2.33. The van der Waals surface area contributed by atoms with Gasteiger partial charge in [0.25, 0.3) is 0 Å². The van der Waals surface area contributed by atoms with Crippen LogP contribution in [0.15, 0.2) is 0 Å². The van der Waals surface area contributed by atoms with E-state index in [0.29, 0.717) is 5.56 Å². The standard InChI is InChI=1S/C12H13F3/c1-3-8-11(14)9(7-4-5-7)6(2)10(13)12(8)15/h7H,3-5H2,1-2H3. The average molecular weight is 214 g/mol. The minimum absolute atomic E-state index is 0.102. The van der Waals surface area contributed by atoms with Crippen LogP contribution in [0.1, 0.15) is 42.4 Å². The van der Waals surface area contributed by atoms with Crippen LogP contribution < -0.4 is 0 Å². The molecule has 1 aliphatic rings. The number of hydrogen-bond acceptors (Lipinski definition) is 0. The lowest BCUT2D eigenvalue weighted by Gasteiger charge is -2.12. The van der Waals surface area contributed by atoms with Crippen molar-refractivity contribution in [1.29, 1.82) is 0 Å². The molecule has 0 nitrogen and oxygen atoms in total. The summed E-state index contributed by atoms with van der Waals surface area (Å²) in [6.07, 6.45) is 1.95.